The van der Waals surface area contributed by atoms with E-state index in [-0.39, 0.29) is 11.3 Å². The van der Waals surface area contributed by atoms with Gasteiger partial charge in [-0.2, -0.15) is 5.26 Å². The minimum atomic E-state index is -1.42. The second-order valence-electron chi connectivity index (χ2n) is 4.45. The van der Waals surface area contributed by atoms with Crippen LogP contribution >= 0.6 is 0 Å². The first kappa shape index (κ1) is 14.2. The minimum Gasteiger partial charge on any atom is -0.398 e. The van der Waals surface area contributed by atoms with Crippen LogP contribution in [0.1, 0.15) is 16.7 Å². The minimum absolute atomic E-state index is 0.0329. The monoisotopic (exact) mass is 288 g/mol. The summed E-state index contributed by atoms with van der Waals surface area (Å²) in [4.78, 5) is 0.508. The molecular formula is C15H13FN2OS. The van der Waals surface area contributed by atoms with E-state index in [2.05, 4.69) is 0 Å². The van der Waals surface area contributed by atoms with Crippen LogP contribution in [-0.2, 0) is 16.6 Å². The van der Waals surface area contributed by atoms with Crippen molar-refractivity contribution in [3.8, 4) is 6.07 Å². The molecule has 2 rings (SSSR count). The van der Waals surface area contributed by atoms with Crippen molar-refractivity contribution in [1.29, 1.82) is 5.26 Å². The largest absolute Gasteiger partial charge is 0.398 e. The van der Waals surface area contributed by atoms with Gasteiger partial charge in [0, 0.05) is 11.3 Å². The number of hydrogen-bond donors (Lipinski definition) is 1. The third-order valence-corrected chi connectivity index (χ3v) is 4.30. The lowest BCUT2D eigenvalue weighted by atomic mass is 10.1. The van der Waals surface area contributed by atoms with Crippen LogP contribution in [-0.4, -0.2) is 4.21 Å². The van der Waals surface area contributed by atoms with Crippen molar-refractivity contribution in [3.05, 3.63) is 58.9 Å². The van der Waals surface area contributed by atoms with Gasteiger partial charge >= 0.3 is 0 Å². The highest BCUT2D eigenvalue weighted by atomic mass is 32.2. The van der Waals surface area contributed by atoms with E-state index in [4.69, 9.17) is 11.0 Å². The molecule has 0 fully saturated rings. The van der Waals surface area contributed by atoms with E-state index in [1.165, 1.54) is 12.1 Å². The lowest BCUT2D eigenvalue weighted by Gasteiger charge is -2.08. The van der Waals surface area contributed by atoms with Crippen LogP contribution < -0.4 is 5.73 Å². The maximum Gasteiger partial charge on any atom is 0.128 e. The van der Waals surface area contributed by atoms with Gasteiger partial charge in [0.05, 0.1) is 33.1 Å². The van der Waals surface area contributed by atoms with Crippen LogP contribution in [0.15, 0.2) is 41.3 Å². The number of nitrogens with zero attached hydrogens (tertiary/aromatic N) is 1. The Balaban J connectivity index is 2.28. The molecule has 102 valence electrons. The molecule has 1 unspecified atom stereocenters. The number of halogens is 1. The normalized spacial score (nSPS) is 11.8. The lowest BCUT2D eigenvalue weighted by Crippen LogP contribution is -2.03. The molecule has 0 amide bonds. The van der Waals surface area contributed by atoms with Gasteiger partial charge < -0.3 is 5.73 Å². The van der Waals surface area contributed by atoms with Crippen LogP contribution in [0.4, 0.5) is 10.1 Å². The number of anilines is 1. The third kappa shape index (κ3) is 3.03. The Kier molecular flexibility index (Phi) is 4.16. The van der Waals surface area contributed by atoms with Gasteiger partial charge in [-0.05, 0) is 36.8 Å². The molecule has 2 aromatic rings. The number of aryl methyl sites for hydroxylation is 1. The van der Waals surface area contributed by atoms with E-state index in [1.54, 1.807) is 12.1 Å². The molecule has 0 radical (unpaired) electrons. The van der Waals surface area contributed by atoms with Crippen molar-refractivity contribution in [1.82, 2.24) is 0 Å². The highest BCUT2D eigenvalue weighted by Crippen LogP contribution is 2.22. The molecule has 0 aliphatic heterocycles. The van der Waals surface area contributed by atoms with Crippen molar-refractivity contribution >= 4 is 16.5 Å². The van der Waals surface area contributed by atoms with E-state index in [0.717, 1.165) is 11.6 Å². The molecule has 5 heteroatoms. The second-order valence-corrected chi connectivity index (χ2v) is 5.87. The molecule has 0 aromatic heterocycles. The Labute approximate surface area is 119 Å². The third-order valence-electron chi connectivity index (χ3n) is 2.88. The predicted octanol–water partition coefficient (Wildman–Crippen LogP) is 2.90. The first-order chi connectivity index (χ1) is 9.51. The first-order valence-corrected chi connectivity index (χ1v) is 7.26. The smallest absolute Gasteiger partial charge is 0.128 e. The molecule has 1 atom stereocenters. The maximum absolute atomic E-state index is 13.8. The molecule has 0 saturated carbocycles. The Morgan fingerprint density at radius 1 is 1.30 bits per heavy atom. The molecule has 2 aromatic carbocycles. The van der Waals surface area contributed by atoms with Crippen LogP contribution in [0.25, 0.3) is 0 Å². The molecule has 0 saturated heterocycles. The standard InChI is InChI=1S/C15H13FN2OS/c1-10-2-5-14(18)15(6-10)20(19)9-12-4-3-11(8-17)7-13(12)16/h2-7H,9,18H2,1H3. The van der Waals surface area contributed by atoms with Gasteiger partial charge in [-0.15, -0.1) is 0 Å². The summed E-state index contributed by atoms with van der Waals surface area (Å²) >= 11 is 0. The quantitative estimate of drug-likeness (QED) is 0.883. The lowest BCUT2D eigenvalue weighted by molar-refractivity contribution is 0.614. The fraction of sp³-hybridized carbons (Fsp3) is 0.133. The summed E-state index contributed by atoms with van der Waals surface area (Å²) in [5, 5.41) is 8.69. The number of nitrogens with two attached hydrogens (primary N) is 1. The summed E-state index contributed by atoms with van der Waals surface area (Å²) in [5.74, 6) is -0.491. The van der Waals surface area contributed by atoms with Gasteiger partial charge in [-0.3, -0.25) is 4.21 Å². The fourth-order valence-electron chi connectivity index (χ4n) is 1.79. The van der Waals surface area contributed by atoms with Crippen LogP contribution in [0.2, 0.25) is 0 Å². The molecule has 20 heavy (non-hydrogen) atoms. The van der Waals surface area contributed by atoms with Gasteiger partial charge in [0.2, 0.25) is 0 Å². The maximum atomic E-state index is 13.8. The molecule has 0 spiro atoms. The van der Waals surface area contributed by atoms with Gasteiger partial charge in [0.25, 0.3) is 0 Å². The van der Waals surface area contributed by atoms with E-state index >= 15 is 0 Å². The number of nitriles is 1. The van der Waals surface area contributed by atoms with Crippen molar-refractivity contribution in [2.24, 2.45) is 0 Å². The predicted molar refractivity (Wildman–Crippen MR) is 76.8 cm³/mol. The fourth-order valence-corrected chi connectivity index (χ4v) is 3.11. The van der Waals surface area contributed by atoms with E-state index in [0.29, 0.717) is 16.1 Å². The first-order valence-electron chi connectivity index (χ1n) is 5.94. The summed E-state index contributed by atoms with van der Waals surface area (Å²) in [6.07, 6.45) is 0. The average molecular weight is 288 g/mol. The topological polar surface area (TPSA) is 66.9 Å². The number of rotatable bonds is 3. The Morgan fingerprint density at radius 3 is 2.70 bits per heavy atom. The zero-order valence-electron chi connectivity index (χ0n) is 10.9. The van der Waals surface area contributed by atoms with E-state index in [9.17, 15) is 8.60 Å². The van der Waals surface area contributed by atoms with Crippen molar-refractivity contribution < 1.29 is 8.60 Å². The highest BCUT2D eigenvalue weighted by molar-refractivity contribution is 7.84. The van der Waals surface area contributed by atoms with E-state index in [1.807, 2.05) is 19.1 Å². The van der Waals surface area contributed by atoms with Gasteiger partial charge in [0.15, 0.2) is 0 Å². The molecule has 2 N–H and O–H groups in total. The van der Waals surface area contributed by atoms with Gasteiger partial charge in [0.1, 0.15) is 5.82 Å². The SMILES string of the molecule is Cc1ccc(N)c(S(=O)Cc2ccc(C#N)cc2F)c1. The summed E-state index contributed by atoms with van der Waals surface area (Å²) in [5.41, 5.74) is 7.73. The van der Waals surface area contributed by atoms with Gasteiger partial charge in [-0.1, -0.05) is 12.1 Å². The molecule has 0 aliphatic rings. The van der Waals surface area contributed by atoms with Gasteiger partial charge in [-0.25, -0.2) is 4.39 Å². The Bertz CT molecular complexity index is 722. The highest BCUT2D eigenvalue weighted by Gasteiger charge is 2.12. The number of hydrogen-bond acceptors (Lipinski definition) is 3. The van der Waals surface area contributed by atoms with Crippen LogP contribution in [0.5, 0.6) is 0 Å². The zero-order valence-corrected chi connectivity index (χ0v) is 11.7. The average Bonchev–Trinajstić information content (AvgIpc) is 2.43. The number of benzene rings is 2. The van der Waals surface area contributed by atoms with Crippen molar-refractivity contribution in [2.75, 3.05) is 5.73 Å². The molecule has 0 bridgehead atoms. The van der Waals surface area contributed by atoms with Crippen LogP contribution in [0, 0.1) is 24.1 Å². The summed E-state index contributed by atoms with van der Waals surface area (Å²) < 4.78 is 26.1. The Morgan fingerprint density at radius 2 is 2.05 bits per heavy atom. The van der Waals surface area contributed by atoms with Crippen molar-refractivity contribution in [3.63, 3.8) is 0 Å². The molecule has 0 aliphatic carbocycles. The summed E-state index contributed by atoms with van der Waals surface area (Å²) in [6.45, 7) is 1.88. The Hall–Kier alpha value is -2.19. The molecule has 3 nitrogen and oxygen atoms in total. The molecular weight excluding hydrogens is 275 g/mol. The summed E-state index contributed by atoms with van der Waals surface area (Å²) in [7, 11) is -1.42. The van der Waals surface area contributed by atoms with Crippen LogP contribution in [0.3, 0.4) is 0 Å². The molecule has 0 heterocycles. The second kappa shape index (κ2) is 5.85. The van der Waals surface area contributed by atoms with E-state index < -0.39 is 16.6 Å². The van der Waals surface area contributed by atoms with Crippen molar-refractivity contribution in [2.45, 2.75) is 17.6 Å². The zero-order chi connectivity index (χ0) is 14.7. The summed E-state index contributed by atoms with van der Waals surface area (Å²) in [6, 6.07) is 11.3. The number of nitrogen functional groups attached to an aromatic ring is 1.